The van der Waals surface area contributed by atoms with Gasteiger partial charge in [0.15, 0.2) is 0 Å². The molecule has 0 aromatic carbocycles. The molecule has 3 heterocycles. The number of rotatable bonds is 2. The van der Waals surface area contributed by atoms with Gasteiger partial charge in [0.2, 0.25) is 5.91 Å². The average molecular weight is 315 g/mol. The summed E-state index contributed by atoms with van der Waals surface area (Å²) >= 11 is 0. The first-order valence-corrected chi connectivity index (χ1v) is 9.42. The molecule has 21 heavy (non-hydrogen) atoms. The normalized spacial score (nSPS) is 33.0. The zero-order valence-electron chi connectivity index (χ0n) is 12.7. The molecule has 7 heteroatoms. The van der Waals surface area contributed by atoms with Gasteiger partial charge in [0.25, 0.3) is 10.2 Å². The molecule has 120 valence electrons. The van der Waals surface area contributed by atoms with Crippen molar-refractivity contribution in [2.45, 2.75) is 44.6 Å². The van der Waals surface area contributed by atoms with Gasteiger partial charge in [-0.15, -0.1) is 0 Å². The first-order valence-electron chi connectivity index (χ1n) is 8.02. The van der Waals surface area contributed by atoms with Crippen LogP contribution in [0.25, 0.3) is 0 Å². The highest BCUT2D eigenvalue weighted by molar-refractivity contribution is 7.86. The van der Waals surface area contributed by atoms with Crippen molar-refractivity contribution in [1.29, 1.82) is 0 Å². The Morgan fingerprint density at radius 1 is 0.952 bits per heavy atom. The summed E-state index contributed by atoms with van der Waals surface area (Å²) in [6, 6.07) is 0.0320. The highest BCUT2D eigenvalue weighted by Gasteiger charge is 2.42. The molecule has 0 unspecified atom stereocenters. The SMILES string of the molecule is CN1C(=O)[C@@H]2CCC[C@H]1CN(S(=O)(=O)N1CCCCC1)C2. The van der Waals surface area contributed by atoms with Gasteiger partial charge in [0.05, 0.1) is 5.92 Å². The molecule has 6 nitrogen and oxygen atoms in total. The third-order valence-electron chi connectivity index (χ3n) is 5.14. The van der Waals surface area contributed by atoms with Gasteiger partial charge in [0.1, 0.15) is 0 Å². The Kier molecular flexibility index (Phi) is 4.25. The molecule has 3 aliphatic heterocycles. The molecular formula is C14H25N3O3S. The second-order valence-corrected chi connectivity index (χ2v) is 8.44. The minimum Gasteiger partial charge on any atom is -0.341 e. The number of piperidine rings is 1. The summed E-state index contributed by atoms with van der Waals surface area (Å²) in [6.07, 6.45) is 5.73. The molecule has 0 radical (unpaired) electrons. The van der Waals surface area contributed by atoms with Gasteiger partial charge >= 0.3 is 0 Å². The van der Waals surface area contributed by atoms with Crippen LogP contribution in [-0.2, 0) is 15.0 Å². The molecule has 0 aromatic rings. The van der Waals surface area contributed by atoms with Crippen molar-refractivity contribution in [3.63, 3.8) is 0 Å². The van der Waals surface area contributed by atoms with Crippen LogP contribution >= 0.6 is 0 Å². The van der Waals surface area contributed by atoms with Gasteiger partial charge in [-0.3, -0.25) is 4.79 Å². The van der Waals surface area contributed by atoms with E-state index in [1.54, 1.807) is 13.5 Å². The van der Waals surface area contributed by atoms with E-state index >= 15 is 0 Å². The number of hydrogen-bond donors (Lipinski definition) is 0. The van der Waals surface area contributed by atoms with Gasteiger partial charge < -0.3 is 4.90 Å². The van der Waals surface area contributed by atoms with Crippen LogP contribution in [0.4, 0.5) is 0 Å². The van der Waals surface area contributed by atoms with E-state index in [0.29, 0.717) is 26.2 Å². The van der Waals surface area contributed by atoms with E-state index in [2.05, 4.69) is 0 Å². The predicted octanol–water partition coefficient (Wildman–Crippen LogP) is 0.660. The predicted molar refractivity (Wildman–Crippen MR) is 79.8 cm³/mol. The highest BCUT2D eigenvalue weighted by Crippen LogP contribution is 2.29. The van der Waals surface area contributed by atoms with E-state index in [4.69, 9.17) is 0 Å². The molecule has 0 aliphatic carbocycles. The van der Waals surface area contributed by atoms with E-state index in [9.17, 15) is 13.2 Å². The van der Waals surface area contributed by atoms with Crippen molar-refractivity contribution in [3.05, 3.63) is 0 Å². The maximum Gasteiger partial charge on any atom is 0.282 e. The van der Waals surface area contributed by atoms with E-state index < -0.39 is 10.2 Å². The van der Waals surface area contributed by atoms with Crippen molar-refractivity contribution < 1.29 is 13.2 Å². The van der Waals surface area contributed by atoms with Crippen molar-refractivity contribution in [2.75, 3.05) is 33.2 Å². The molecule has 0 spiro atoms. The number of carbonyl (C=O) groups excluding carboxylic acids is 1. The lowest BCUT2D eigenvalue weighted by Gasteiger charge is -2.34. The summed E-state index contributed by atoms with van der Waals surface area (Å²) in [5.74, 6) is -0.0455. The Morgan fingerprint density at radius 2 is 1.67 bits per heavy atom. The highest BCUT2D eigenvalue weighted by atomic mass is 32.2. The van der Waals surface area contributed by atoms with Crippen LogP contribution in [0.15, 0.2) is 0 Å². The van der Waals surface area contributed by atoms with Gasteiger partial charge in [-0.25, -0.2) is 0 Å². The minimum atomic E-state index is -3.41. The molecule has 2 atom stereocenters. The van der Waals surface area contributed by atoms with Crippen LogP contribution in [0.1, 0.15) is 38.5 Å². The summed E-state index contributed by atoms with van der Waals surface area (Å²) in [7, 11) is -1.59. The largest absolute Gasteiger partial charge is 0.341 e. The summed E-state index contributed by atoms with van der Waals surface area (Å²) in [4.78, 5) is 14.1. The van der Waals surface area contributed by atoms with Crippen molar-refractivity contribution in [3.8, 4) is 0 Å². The number of likely N-dealkylation sites (N-methyl/N-ethyl adjacent to an activating group) is 1. The second kappa shape index (κ2) is 5.85. The summed E-state index contributed by atoms with van der Waals surface area (Å²) in [6.45, 7) is 2.06. The Bertz CT molecular complexity index is 502. The maximum absolute atomic E-state index is 12.9. The van der Waals surface area contributed by atoms with Crippen LogP contribution in [0.5, 0.6) is 0 Å². The molecule has 0 N–H and O–H groups in total. The van der Waals surface area contributed by atoms with E-state index in [-0.39, 0.29) is 17.9 Å². The van der Waals surface area contributed by atoms with E-state index in [0.717, 1.165) is 38.5 Å². The van der Waals surface area contributed by atoms with E-state index in [1.807, 2.05) is 7.05 Å². The van der Waals surface area contributed by atoms with Gasteiger partial charge in [-0.1, -0.05) is 12.8 Å². The van der Waals surface area contributed by atoms with Gasteiger partial charge in [0, 0.05) is 39.3 Å². The fourth-order valence-electron chi connectivity index (χ4n) is 3.77. The smallest absolute Gasteiger partial charge is 0.282 e. The van der Waals surface area contributed by atoms with Crippen LogP contribution in [0.3, 0.4) is 0 Å². The Morgan fingerprint density at radius 3 is 2.38 bits per heavy atom. The van der Waals surface area contributed by atoms with Crippen LogP contribution in [0, 0.1) is 5.92 Å². The fourth-order valence-corrected chi connectivity index (χ4v) is 5.55. The number of carbonyl (C=O) groups is 1. The zero-order valence-corrected chi connectivity index (χ0v) is 13.5. The second-order valence-electron chi connectivity index (χ2n) is 6.52. The lowest BCUT2D eigenvalue weighted by atomic mass is 10.0. The van der Waals surface area contributed by atoms with Crippen molar-refractivity contribution in [1.82, 2.24) is 13.5 Å². The first-order chi connectivity index (χ1) is 10.00. The number of amides is 1. The molecule has 3 fully saturated rings. The monoisotopic (exact) mass is 315 g/mol. The summed E-state index contributed by atoms with van der Waals surface area (Å²) in [5, 5.41) is 0. The molecule has 3 saturated heterocycles. The van der Waals surface area contributed by atoms with Crippen molar-refractivity contribution >= 4 is 16.1 Å². The molecule has 0 aromatic heterocycles. The zero-order chi connectivity index (χ0) is 15.0. The molecule has 3 aliphatic rings. The number of fused-ring (bicyclic) bond motifs is 3. The van der Waals surface area contributed by atoms with Crippen molar-refractivity contribution in [2.24, 2.45) is 5.92 Å². The number of hydrogen-bond acceptors (Lipinski definition) is 3. The van der Waals surface area contributed by atoms with Crippen LogP contribution < -0.4 is 0 Å². The fraction of sp³-hybridized carbons (Fsp3) is 0.929. The molecule has 2 bridgehead atoms. The molecular weight excluding hydrogens is 290 g/mol. The van der Waals surface area contributed by atoms with Crippen LogP contribution in [0.2, 0.25) is 0 Å². The summed E-state index contributed by atoms with van der Waals surface area (Å²) < 4.78 is 28.9. The number of nitrogens with zero attached hydrogens (tertiary/aromatic N) is 3. The standard InChI is InChI=1S/C14H25N3O3S/c1-15-13-7-5-6-12(14(15)18)10-17(11-13)21(19,20)16-8-3-2-4-9-16/h12-13H,2-11H2,1H3/t12-,13+/m1/s1. The first kappa shape index (κ1) is 15.2. The lowest BCUT2D eigenvalue weighted by molar-refractivity contribution is -0.134. The maximum atomic E-state index is 12.9. The quantitative estimate of drug-likeness (QED) is 0.752. The summed E-state index contributed by atoms with van der Waals surface area (Å²) in [5.41, 5.74) is 0. The average Bonchev–Trinajstić information content (AvgIpc) is 2.66. The lowest BCUT2D eigenvalue weighted by Crippen LogP contribution is -2.50. The molecule has 3 rings (SSSR count). The van der Waals surface area contributed by atoms with E-state index in [1.165, 1.54) is 0 Å². The molecule has 0 saturated carbocycles. The van der Waals surface area contributed by atoms with Gasteiger partial charge in [-0.05, 0) is 25.7 Å². The Balaban J connectivity index is 1.84. The van der Waals surface area contributed by atoms with Crippen LogP contribution in [-0.4, -0.2) is 67.1 Å². The third kappa shape index (κ3) is 2.83. The minimum absolute atomic E-state index is 0.0320. The Hall–Kier alpha value is -0.660. The topological polar surface area (TPSA) is 60.9 Å². The molecule has 1 amide bonds. The van der Waals surface area contributed by atoms with Gasteiger partial charge in [-0.2, -0.15) is 17.0 Å². The third-order valence-corrected chi connectivity index (χ3v) is 7.11. The Labute approximate surface area is 127 Å².